The minimum Gasteiger partial charge on any atom is -0.481 e. The van der Waals surface area contributed by atoms with Crippen LogP contribution in [0.3, 0.4) is 0 Å². The third-order valence-corrected chi connectivity index (χ3v) is 2.79. The molecule has 1 rings (SSSR count). The lowest BCUT2D eigenvalue weighted by Crippen LogP contribution is -2.23. The minimum atomic E-state index is -0.831. The number of aliphatic carboxylic acids is 1. The molecular formula is C14H21NO4. The van der Waals surface area contributed by atoms with Crippen LogP contribution >= 0.6 is 0 Å². The number of carboxylic acid groups (broad SMARTS) is 1. The highest BCUT2D eigenvalue weighted by Gasteiger charge is 2.06. The van der Waals surface area contributed by atoms with Gasteiger partial charge in [-0.15, -0.1) is 0 Å². The summed E-state index contributed by atoms with van der Waals surface area (Å²) in [5.41, 5.74) is 1.80. The van der Waals surface area contributed by atoms with Gasteiger partial charge in [-0.05, 0) is 24.1 Å². The van der Waals surface area contributed by atoms with Crippen LogP contribution < -0.4 is 5.32 Å². The third kappa shape index (κ3) is 6.33. The van der Waals surface area contributed by atoms with Crippen molar-refractivity contribution in [3.8, 4) is 0 Å². The van der Waals surface area contributed by atoms with Crippen LogP contribution in [0.1, 0.15) is 17.5 Å². The second kappa shape index (κ2) is 8.63. The van der Waals surface area contributed by atoms with Crippen molar-refractivity contribution >= 4 is 5.97 Å². The van der Waals surface area contributed by atoms with Gasteiger partial charge >= 0.3 is 5.97 Å². The van der Waals surface area contributed by atoms with Gasteiger partial charge in [-0.1, -0.05) is 24.3 Å². The number of methoxy groups -OCH3 is 1. The number of nitrogens with one attached hydrogen (secondary N) is 1. The number of hydrogen-bond donors (Lipinski definition) is 3. The number of aliphatic hydroxyl groups is 1. The average molecular weight is 267 g/mol. The first-order chi connectivity index (χ1) is 9.13. The van der Waals surface area contributed by atoms with Crippen molar-refractivity contribution in [2.75, 3.05) is 20.3 Å². The summed E-state index contributed by atoms with van der Waals surface area (Å²) in [6.07, 6.45) is 0.172. The zero-order valence-electron chi connectivity index (χ0n) is 11.1. The molecule has 0 fully saturated rings. The smallest absolute Gasteiger partial charge is 0.307 e. The first-order valence-corrected chi connectivity index (χ1v) is 6.29. The van der Waals surface area contributed by atoms with Crippen LogP contribution in [-0.4, -0.2) is 42.5 Å². The Morgan fingerprint density at radius 3 is 2.68 bits per heavy atom. The number of carbonyl (C=O) groups is 1. The van der Waals surface area contributed by atoms with E-state index in [-0.39, 0.29) is 6.42 Å². The average Bonchev–Trinajstić information content (AvgIpc) is 2.36. The maximum Gasteiger partial charge on any atom is 0.307 e. The summed E-state index contributed by atoms with van der Waals surface area (Å²) in [6, 6.07) is 7.47. The molecule has 0 heterocycles. The molecule has 0 amide bonds. The van der Waals surface area contributed by atoms with E-state index in [1.807, 2.05) is 24.3 Å². The number of carboxylic acids is 1. The van der Waals surface area contributed by atoms with E-state index < -0.39 is 12.1 Å². The largest absolute Gasteiger partial charge is 0.481 e. The first kappa shape index (κ1) is 15.6. The predicted octanol–water partition coefficient (Wildman–Crippen LogP) is 0.801. The Hall–Kier alpha value is -1.43. The molecule has 1 aromatic carbocycles. The molecule has 106 valence electrons. The fraction of sp³-hybridized carbons (Fsp3) is 0.500. The maximum absolute atomic E-state index is 10.7. The lowest BCUT2D eigenvalue weighted by atomic mass is 10.0. The SMILES string of the molecule is COCC(O)CCNCc1ccccc1CC(=O)O. The molecule has 5 nitrogen and oxygen atoms in total. The van der Waals surface area contributed by atoms with E-state index in [0.717, 1.165) is 11.1 Å². The van der Waals surface area contributed by atoms with E-state index in [2.05, 4.69) is 5.32 Å². The molecule has 1 aromatic rings. The molecule has 3 N–H and O–H groups in total. The van der Waals surface area contributed by atoms with Gasteiger partial charge in [0.25, 0.3) is 0 Å². The highest BCUT2D eigenvalue weighted by molar-refractivity contribution is 5.70. The van der Waals surface area contributed by atoms with Gasteiger partial charge < -0.3 is 20.3 Å². The van der Waals surface area contributed by atoms with Crippen molar-refractivity contribution in [3.05, 3.63) is 35.4 Å². The molecule has 0 aliphatic carbocycles. The zero-order chi connectivity index (χ0) is 14.1. The predicted molar refractivity (Wildman–Crippen MR) is 72.0 cm³/mol. The fourth-order valence-electron chi connectivity index (χ4n) is 1.83. The Balaban J connectivity index is 2.38. The molecule has 0 radical (unpaired) electrons. The Morgan fingerprint density at radius 1 is 1.37 bits per heavy atom. The molecule has 0 saturated heterocycles. The van der Waals surface area contributed by atoms with Crippen LogP contribution in [0, 0.1) is 0 Å². The van der Waals surface area contributed by atoms with Crippen molar-refractivity contribution in [1.82, 2.24) is 5.32 Å². The van der Waals surface area contributed by atoms with E-state index in [4.69, 9.17) is 9.84 Å². The van der Waals surface area contributed by atoms with Crippen molar-refractivity contribution in [1.29, 1.82) is 0 Å². The monoisotopic (exact) mass is 267 g/mol. The summed E-state index contributed by atoms with van der Waals surface area (Å²) in [4.78, 5) is 10.7. The number of hydrogen-bond acceptors (Lipinski definition) is 4. The van der Waals surface area contributed by atoms with Crippen LogP contribution in [0.4, 0.5) is 0 Å². The van der Waals surface area contributed by atoms with Gasteiger partial charge in [-0.3, -0.25) is 4.79 Å². The molecule has 1 unspecified atom stereocenters. The third-order valence-electron chi connectivity index (χ3n) is 2.79. The molecule has 0 aromatic heterocycles. The minimum absolute atomic E-state index is 0.0319. The van der Waals surface area contributed by atoms with Gasteiger partial charge in [0, 0.05) is 13.7 Å². The molecular weight excluding hydrogens is 246 g/mol. The number of ether oxygens (including phenoxy) is 1. The number of rotatable bonds is 9. The second-order valence-electron chi connectivity index (χ2n) is 4.41. The second-order valence-corrected chi connectivity index (χ2v) is 4.41. The van der Waals surface area contributed by atoms with E-state index in [0.29, 0.717) is 26.1 Å². The summed E-state index contributed by atoms with van der Waals surface area (Å²) in [5.74, 6) is -0.831. The van der Waals surface area contributed by atoms with E-state index in [9.17, 15) is 9.90 Å². The summed E-state index contributed by atoms with van der Waals surface area (Å²) in [7, 11) is 1.55. The highest BCUT2D eigenvalue weighted by atomic mass is 16.5. The van der Waals surface area contributed by atoms with Gasteiger partial charge in [0.05, 0.1) is 19.1 Å². The molecule has 0 bridgehead atoms. The van der Waals surface area contributed by atoms with E-state index in [1.165, 1.54) is 0 Å². The van der Waals surface area contributed by atoms with Gasteiger partial charge in [-0.25, -0.2) is 0 Å². The van der Waals surface area contributed by atoms with Crippen LogP contribution in [0.15, 0.2) is 24.3 Å². The Labute approximate surface area is 113 Å². The topological polar surface area (TPSA) is 78.8 Å². The maximum atomic E-state index is 10.7. The molecule has 5 heteroatoms. The van der Waals surface area contributed by atoms with Gasteiger partial charge in [-0.2, -0.15) is 0 Å². The number of benzene rings is 1. The van der Waals surface area contributed by atoms with Crippen LogP contribution in [-0.2, 0) is 22.5 Å². The Kier molecular flexibility index (Phi) is 7.10. The van der Waals surface area contributed by atoms with Gasteiger partial charge in [0.15, 0.2) is 0 Å². The fourth-order valence-corrected chi connectivity index (χ4v) is 1.83. The zero-order valence-corrected chi connectivity index (χ0v) is 11.1. The molecule has 0 saturated carbocycles. The lowest BCUT2D eigenvalue weighted by Gasteiger charge is -2.11. The van der Waals surface area contributed by atoms with E-state index >= 15 is 0 Å². The van der Waals surface area contributed by atoms with E-state index in [1.54, 1.807) is 7.11 Å². The van der Waals surface area contributed by atoms with Gasteiger partial charge in [0.1, 0.15) is 0 Å². The van der Waals surface area contributed by atoms with Crippen molar-refractivity contribution in [3.63, 3.8) is 0 Å². The Bertz CT molecular complexity index is 395. The number of aliphatic hydroxyl groups excluding tert-OH is 1. The van der Waals surface area contributed by atoms with Crippen molar-refractivity contribution in [2.45, 2.75) is 25.5 Å². The first-order valence-electron chi connectivity index (χ1n) is 6.29. The molecule has 0 spiro atoms. The molecule has 1 atom stereocenters. The summed E-state index contributed by atoms with van der Waals surface area (Å²) in [5, 5.41) is 21.5. The molecule has 0 aliphatic heterocycles. The Morgan fingerprint density at radius 2 is 2.05 bits per heavy atom. The quantitative estimate of drug-likeness (QED) is 0.577. The summed E-state index contributed by atoms with van der Waals surface area (Å²) >= 11 is 0. The standard InChI is InChI=1S/C14H21NO4/c1-19-10-13(16)6-7-15-9-12-5-3-2-4-11(12)8-14(17)18/h2-5,13,15-16H,6-10H2,1H3,(H,17,18). The summed E-state index contributed by atoms with van der Waals surface area (Å²) < 4.78 is 4.84. The van der Waals surface area contributed by atoms with Gasteiger partial charge in [0.2, 0.25) is 0 Å². The summed E-state index contributed by atoms with van der Waals surface area (Å²) in [6.45, 7) is 1.59. The van der Waals surface area contributed by atoms with Crippen molar-refractivity contribution in [2.24, 2.45) is 0 Å². The normalized spacial score (nSPS) is 12.3. The van der Waals surface area contributed by atoms with Crippen LogP contribution in [0.5, 0.6) is 0 Å². The molecule has 0 aliphatic rings. The lowest BCUT2D eigenvalue weighted by molar-refractivity contribution is -0.136. The van der Waals surface area contributed by atoms with Crippen molar-refractivity contribution < 1.29 is 19.7 Å². The molecule has 19 heavy (non-hydrogen) atoms. The highest BCUT2D eigenvalue weighted by Crippen LogP contribution is 2.09. The van der Waals surface area contributed by atoms with Crippen LogP contribution in [0.25, 0.3) is 0 Å². The van der Waals surface area contributed by atoms with Crippen LogP contribution in [0.2, 0.25) is 0 Å².